The second-order valence-corrected chi connectivity index (χ2v) is 2.56. The fourth-order valence-corrected chi connectivity index (χ4v) is 0.942. The minimum Gasteiger partial charge on any atom is -0.450 e. The van der Waals surface area contributed by atoms with Crippen LogP contribution in [-0.4, -0.2) is 20.8 Å². The molecule has 0 aromatic carbocycles. The van der Waals surface area contributed by atoms with E-state index in [1.807, 2.05) is 0 Å². The van der Waals surface area contributed by atoms with Crippen LogP contribution in [0.1, 0.15) is 13.2 Å². The molecule has 0 saturated heterocycles. The normalized spacial score (nSPS) is 12.1. The summed E-state index contributed by atoms with van der Waals surface area (Å²) in [6, 6.07) is 1.27. The molecule has 1 aromatic heterocycles. The van der Waals surface area contributed by atoms with Gasteiger partial charge in [-0.05, 0) is 6.92 Å². The molecule has 7 nitrogen and oxygen atoms in total. The number of ether oxygens (including phenoxy) is 1. The van der Waals surface area contributed by atoms with Gasteiger partial charge in [0.1, 0.15) is 0 Å². The number of carboxylic acid groups (broad SMARTS) is 1. The number of nitro groups is 1. The standard InChI is InChI=1S/C7H8N2O5/c1-5(14-7(10)11)8-3-2-6(4-8)9(12)13/h2-5H,1H3,(H,10,11). The average molecular weight is 200 g/mol. The van der Waals surface area contributed by atoms with Gasteiger partial charge in [-0.1, -0.05) is 0 Å². The van der Waals surface area contributed by atoms with Gasteiger partial charge in [0, 0.05) is 12.3 Å². The Morgan fingerprint density at radius 1 is 1.79 bits per heavy atom. The van der Waals surface area contributed by atoms with E-state index in [-0.39, 0.29) is 5.69 Å². The zero-order valence-corrected chi connectivity index (χ0v) is 7.28. The molecule has 7 heteroatoms. The minimum absolute atomic E-state index is 0.106. The summed E-state index contributed by atoms with van der Waals surface area (Å²) in [5.74, 6) is 0. The summed E-state index contributed by atoms with van der Waals surface area (Å²) in [5.41, 5.74) is -0.106. The van der Waals surface area contributed by atoms with Crippen LogP contribution in [0.15, 0.2) is 18.5 Å². The number of hydrogen-bond donors (Lipinski definition) is 1. The highest BCUT2D eigenvalue weighted by atomic mass is 16.7. The Balaban J connectivity index is 2.76. The molecule has 0 fully saturated rings. The van der Waals surface area contributed by atoms with Gasteiger partial charge >= 0.3 is 6.16 Å². The third kappa shape index (κ3) is 2.22. The van der Waals surface area contributed by atoms with Crippen LogP contribution in [0.25, 0.3) is 0 Å². The van der Waals surface area contributed by atoms with Crippen LogP contribution in [0.5, 0.6) is 0 Å². The molecule has 0 aliphatic rings. The molecule has 1 rings (SSSR count). The van der Waals surface area contributed by atoms with E-state index in [1.165, 1.54) is 30.0 Å². The number of hydrogen-bond acceptors (Lipinski definition) is 4. The van der Waals surface area contributed by atoms with E-state index < -0.39 is 17.3 Å². The van der Waals surface area contributed by atoms with Crippen molar-refractivity contribution in [3.8, 4) is 0 Å². The molecule has 76 valence electrons. The summed E-state index contributed by atoms with van der Waals surface area (Å²) < 4.78 is 5.68. The van der Waals surface area contributed by atoms with Crippen molar-refractivity contribution in [1.29, 1.82) is 0 Å². The smallest absolute Gasteiger partial charge is 0.450 e. The Kier molecular flexibility index (Phi) is 2.70. The lowest BCUT2D eigenvalue weighted by Gasteiger charge is -2.10. The van der Waals surface area contributed by atoms with Crippen molar-refractivity contribution in [2.75, 3.05) is 0 Å². The molecule has 0 aliphatic heterocycles. The number of carbonyl (C=O) groups is 1. The molecule has 14 heavy (non-hydrogen) atoms. The van der Waals surface area contributed by atoms with E-state index in [9.17, 15) is 14.9 Å². The first kappa shape index (κ1) is 10.0. The van der Waals surface area contributed by atoms with Crippen LogP contribution in [0, 0.1) is 10.1 Å². The summed E-state index contributed by atoms with van der Waals surface area (Å²) in [6.07, 6.45) is 0.384. The first-order chi connectivity index (χ1) is 6.50. The summed E-state index contributed by atoms with van der Waals surface area (Å²) in [4.78, 5) is 19.9. The van der Waals surface area contributed by atoms with Crippen molar-refractivity contribution >= 4 is 11.8 Å². The first-order valence-corrected chi connectivity index (χ1v) is 3.72. The number of rotatable bonds is 3. The molecule has 0 amide bonds. The van der Waals surface area contributed by atoms with Gasteiger partial charge in [-0.15, -0.1) is 0 Å². The largest absolute Gasteiger partial charge is 0.507 e. The molecule has 1 heterocycles. The maximum absolute atomic E-state index is 10.3. The van der Waals surface area contributed by atoms with Crippen LogP contribution >= 0.6 is 0 Å². The molecule has 1 atom stereocenters. The fourth-order valence-electron chi connectivity index (χ4n) is 0.942. The summed E-state index contributed by atoms with van der Waals surface area (Å²) >= 11 is 0. The second-order valence-electron chi connectivity index (χ2n) is 2.56. The Morgan fingerprint density at radius 3 is 2.86 bits per heavy atom. The molecule has 1 N–H and O–H groups in total. The number of nitrogens with zero attached hydrogens (tertiary/aromatic N) is 2. The molecule has 1 aromatic rings. The average Bonchev–Trinajstić information content (AvgIpc) is 2.50. The fraction of sp³-hybridized carbons (Fsp3) is 0.286. The van der Waals surface area contributed by atoms with Crippen LogP contribution in [0.2, 0.25) is 0 Å². The first-order valence-electron chi connectivity index (χ1n) is 3.72. The quantitative estimate of drug-likeness (QED) is 0.454. The van der Waals surface area contributed by atoms with Crippen molar-refractivity contribution in [2.45, 2.75) is 13.2 Å². The highest BCUT2D eigenvalue weighted by Gasteiger charge is 2.13. The van der Waals surface area contributed by atoms with Crippen LogP contribution in [0.4, 0.5) is 10.5 Å². The van der Waals surface area contributed by atoms with Crippen molar-refractivity contribution in [2.24, 2.45) is 0 Å². The summed E-state index contributed by atoms with van der Waals surface area (Å²) in [7, 11) is 0. The lowest BCUT2D eigenvalue weighted by atomic mass is 10.6. The maximum atomic E-state index is 10.3. The maximum Gasteiger partial charge on any atom is 0.507 e. The minimum atomic E-state index is -1.42. The van der Waals surface area contributed by atoms with E-state index in [0.717, 1.165) is 0 Å². The predicted octanol–water partition coefficient (Wildman–Crippen LogP) is 1.61. The zero-order valence-electron chi connectivity index (χ0n) is 7.28. The second kappa shape index (κ2) is 3.77. The van der Waals surface area contributed by atoms with Crippen molar-refractivity contribution < 1.29 is 19.6 Å². The topological polar surface area (TPSA) is 94.6 Å². The van der Waals surface area contributed by atoms with Crippen molar-refractivity contribution in [3.63, 3.8) is 0 Å². The molecule has 0 radical (unpaired) electrons. The Labute approximate surface area is 78.7 Å². The highest BCUT2D eigenvalue weighted by Crippen LogP contribution is 2.16. The lowest BCUT2D eigenvalue weighted by Crippen LogP contribution is -2.11. The Hall–Kier alpha value is -2.05. The van der Waals surface area contributed by atoms with E-state index in [0.29, 0.717) is 0 Å². The lowest BCUT2D eigenvalue weighted by molar-refractivity contribution is -0.384. The van der Waals surface area contributed by atoms with E-state index >= 15 is 0 Å². The van der Waals surface area contributed by atoms with Gasteiger partial charge in [-0.25, -0.2) is 4.79 Å². The molecule has 0 bridgehead atoms. The Bertz CT molecular complexity index is 359. The van der Waals surface area contributed by atoms with Crippen molar-refractivity contribution in [1.82, 2.24) is 4.57 Å². The van der Waals surface area contributed by atoms with E-state index in [2.05, 4.69) is 4.74 Å². The third-order valence-electron chi connectivity index (χ3n) is 1.60. The zero-order chi connectivity index (χ0) is 10.7. The van der Waals surface area contributed by atoms with Gasteiger partial charge in [-0.2, -0.15) is 0 Å². The van der Waals surface area contributed by atoms with Gasteiger partial charge in [0.15, 0.2) is 6.23 Å². The number of aromatic nitrogens is 1. The summed E-state index contributed by atoms with van der Waals surface area (Å²) in [5, 5.41) is 18.6. The van der Waals surface area contributed by atoms with Gasteiger partial charge in [0.05, 0.1) is 11.1 Å². The van der Waals surface area contributed by atoms with Crippen molar-refractivity contribution in [3.05, 3.63) is 28.6 Å². The van der Waals surface area contributed by atoms with Gasteiger partial charge < -0.3 is 14.4 Å². The predicted molar refractivity (Wildman–Crippen MR) is 44.9 cm³/mol. The Morgan fingerprint density at radius 2 is 2.43 bits per heavy atom. The van der Waals surface area contributed by atoms with Crippen LogP contribution in [0.3, 0.4) is 0 Å². The van der Waals surface area contributed by atoms with E-state index in [1.54, 1.807) is 0 Å². The third-order valence-corrected chi connectivity index (χ3v) is 1.60. The molecule has 0 saturated carbocycles. The van der Waals surface area contributed by atoms with Crippen LogP contribution in [-0.2, 0) is 4.74 Å². The highest BCUT2D eigenvalue weighted by molar-refractivity contribution is 5.56. The summed E-state index contributed by atoms with van der Waals surface area (Å²) in [6.45, 7) is 1.47. The monoisotopic (exact) mass is 200 g/mol. The molecular weight excluding hydrogens is 192 g/mol. The molecular formula is C7H8N2O5. The van der Waals surface area contributed by atoms with Gasteiger partial charge in [-0.3, -0.25) is 10.1 Å². The van der Waals surface area contributed by atoms with E-state index in [4.69, 9.17) is 5.11 Å². The van der Waals surface area contributed by atoms with Crippen LogP contribution < -0.4 is 0 Å². The molecule has 0 spiro atoms. The van der Waals surface area contributed by atoms with Gasteiger partial charge in [0.25, 0.3) is 5.69 Å². The van der Waals surface area contributed by atoms with Gasteiger partial charge in [0.2, 0.25) is 0 Å². The molecule has 1 unspecified atom stereocenters. The molecule has 0 aliphatic carbocycles. The SMILES string of the molecule is CC(OC(=O)O)n1ccc([N+](=O)[O-])c1.